The van der Waals surface area contributed by atoms with Crippen molar-refractivity contribution in [3.8, 4) is 11.5 Å². The average Bonchev–Trinajstić information content (AvgIpc) is 3.41. The van der Waals surface area contributed by atoms with Crippen molar-refractivity contribution in [2.45, 2.75) is 40.2 Å². The first-order valence-corrected chi connectivity index (χ1v) is 9.54. The topological polar surface area (TPSA) is 40.2 Å². The molecule has 1 fully saturated rings. The smallest absolute Gasteiger partial charge is 0.125 e. The third-order valence-corrected chi connectivity index (χ3v) is 4.80. The average molecular weight is 370 g/mol. The Balaban J connectivity index is 1.72. The number of rotatable bonds is 9. The highest BCUT2D eigenvalue weighted by Gasteiger charge is 2.23. The van der Waals surface area contributed by atoms with Gasteiger partial charge in [-0.15, -0.1) is 0 Å². The molecule has 1 heterocycles. The van der Waals surface area contributed by atoms with E-state index in [0.717, 1.165) is 24.5 Å². The van der Waals surface area contributed by atoms with E-state index in [1.54, 1.807) is 7.11 Å². The molecule has 0 aromatic heterocycles. The summed E-state index contributed by atoms with van der Waals surface area (Å²) in [6.07, 6.45) is 1.17. The summed E-state index contributed by atoms with van der Waals surface area (Å²) in [5.74, 6) is 1.96. The molecule has 0 radical (unpaired) electrons. The summed E-state index contributed by atoms with van der Waals surface area (Å²) in [6.45, 7) is 11.1. The zero-order valence-electron chi connectivity index (χ0n) is 17.1. The van der Waals surface area contributed by atoms with Gasteiger partial charge >= 0.3 is 0 Å². The van der Waals surface area contributed by atoms with E-state index in [2.05, 4.69) is 52.0 Å². The van der Waals surface area contributed by atoms with Crippen LogP contribution >= 0.6 is 0 Å². The zero-order valence-corrected chi connectivity index (χ0v) is 17.1. The fraction of sp³-hybridized carbons (Fsp3) is 0.478. The number of epoxide rings is 1. The molecule has 0 aliphatic carbocycles. The number of benzene rings is 2. The Morgan fingerprint density at radius 3 is 1.74 bits per heavy atom. The normalized spacial score (nSPS) is 15.7. The van der Waals surface area contributed by atoms with Crippen LogP contribution in [0.1, 0.15) is 33.4 Å². The maximum atomic E-state index is 5.95. The Labute approximate surface area is 162 Å². The molecule has 0 bridgehead atoms. The number of ether oxygens (including phenoxy) is 4. The van der Waals surface area contributed by atoms with Crippen molar-refractivity contribution in [1.82, 2.24) is 0 Å². The van der Waals surface area contributed by atoms with E-state index in [1.165, 1.54) is 33.4 Å². The van der Waals surface area contributed by atoms with Crippen molar-refractivity contribution in [2.24, 2.45) is 0 Å². The van der Waals surface area contributed by atoms with Gasteiger partial charge in [-0.05, 0) is 67.5 Å². The quantitative estimate of drug-likeness (QED) is 0.487. The third-order valence-electron chi connectivity index (χ3n) is 4.80. The van der Waals surface area contributed by atoms with Crippen LogP contribution in [0.5, 0.6) is 11.5 Å². The van der Waals surface area contributed by atoms with Gasteiger partial charge in [0.15, 0.2) is 0 Å². The first-order valence-electron chi connectivity index (χ1n) is 9.54. The maximum absolute atomic E-state index is 5.95. The van der Waals surface area contributed by atoms with Crippen molar-refractivity contribution in [3.63, 3.8) is 0 Å². The van der Waals surface area contributed by atoms with Gasteiger partial charge in [0.05, 0.1) is 13.2 Å². The number of hydrogen-bond donors (Lipinski definition) is 0. The van der Waals surface area contributed by atoms with Gasteiger partial charge in [0.1, 0.15) is 30.8 Å². The van der Waals surface area contributed by atoms with Crippen LogP contribution in [0.15, 0.2) is 24.3 Å². The summed E-state index contributed by atoms with van der Waals surface area (Å²) in [5, 5.41) is 0. The lowest BCUT2D eigenvalue weighted by Gasteiger charge is -2.16. The minimum absolute atomic E-state index is 0.277. The summed E-state index contributed by atoms with van der Waals surface area (Å²) in [4.78, 5) is 0. The monoisotopic (exact) mass is 370 g/mol. The van der Waals surface area contributed by atoms with Gasteiger partial charge in [0.25, 0.3) is 0 Å². The molecule has 3 rings (SSSR count). The molecule has 1 atom stereocenters. The van der Waals surface area contributed by atoms with Gasteiger partial charge in [-0.2, -0.15) is 0 Å². The van der Waals surface area contributed by atoms with Gasteiger partial charge in [0, 0.05) is 7.11 Å². The first kappa shape index (κ1) is 19.7. The highest BCUT2D eigenvalue weighted by molar-refractivity contribution is 5.47. The Hall–Kier alpha value is -2.04. The molecular weight excluding hydrogens is 340 g/mol. The van der Waals surface area contributed by atoms with E-state index in [-0.39, 0.29) is 6.10 Å². The minimum atomic E-state index is 0.277. The van der Waals surface area contributed by atoms with Gasteiger partial charge in [0.2, 0.25) is 0 Å². The molecule has 0 saturated carbocycles. The Morgan fingerprint density at radius 2 is 1.30 bits per heavy atom. The molecule has 1 saturated heterocycles. The highest BCUT2D eigenvalue weighted by atomic mass is 16.6. The predicted molar refractivity (Wildman–Crippen MR) is 107 cm³/mol. The van der Waals surface area contributed by atoms with Crippen LogP contribution in [-0.2, 0) is 15.9 Å². The lowest BCUT2D eigenvalue weighted by molar-refractivity contribution is 0.145. The van der Waals surface area contributed by atoms with Gasteiger partial charge in [-0.3, -0.25) is 0 Å². The first-order chi connectivity index (χ1) is 13.0. The van der Waals surface area contributed by atoms with E-state index >= 15 is 0 Å². The number of hydrogen-bond acceptors (Lipinski definition) is 4. The SMILES string of the molecule is COCCOc1c(C)cc(Cc2cc(C)c(OCC3CO3)c(C)c2)cc1C. The number of methoxy groups -OCH3 is 1. The van der Waals surface area contributed by atoms with Crippen LogP contribution < -0.4 is 9.47 Å². The van der Waals surface area contributed by atoms with Crippen molar-refractivity contribution in [2.75, 3.05) is 33.5 Å². The molecule has 1 unspecified atom stereocenters. The summed E-state index contributed by atoms with van der Waals surface area (Å²) in [6, 6.07) is 8.89. The zero-order chi connectivity index (χ0) is 19.4. The van der Waals surface area contributed by atoms with Gasteiger partial charge in [-0.1, -0.05) is 24.3 Å². The van der Waals surface area contributed by atoms with Gasteiger partial charge in [-0.25, -0.2) is 0 Å². The number of aryl methyl sites for hydroxylation is 4. The summed E-state index contributed by atoms with van der Waals surface area (Å²) >= 11 is 0. The molecule has 4 heteroatoms. The molecule has 0 N–H and O–H groups in total. The van der Waals surface area contributed by atoms with Crippen LogP contribution in [-0.4, -0.2) is 39.6 Å². The minimum Gasteiger partial charge on any atom is -0.491 e. The summed E-state index contributed by atoms with van der Waals surface area (Å²) in [7, 11) is 1.69. The van der Waals surface area contributed by atoms with Gasteiger partial charge < -0.3 is 18.9 Å². The molecule has 146 valence electrons. The fourth-order valence-corrected chi connectivity index (χ4v) is 3.54. The maximum Gasteiger partial charge on any atom is 0.125 e. The van der Waals surface area contributed by atoms with Crippen molar-refractivity contribution >= 4 is 0 Å². The van der Waals surface area contributed by atoms with Crippen LogP contribution in [0.25, 0.3) is 0 Å². The Morgan fingerprint density at radius 1 is 0.815 bits per heavy atom. The van der Waals surface area contributed by atoms with E-state index in [0.29, 0.717) is 19.8 Å². The molecule has 27 heavy (non-hydrogen) atoms. The van der Waals surface area contributed by atoms with Crippen LogP contribution in [0.4, 0.5) is 0 Å². The highest BCUT2D eigenvalue weighted by Crippen LogP contribution is 2.29. The molecular formula is C23H30O4. The lowest BCUT2D eigenvalue weighted by Crippen LogP contribution is -2.07. The third kappa shape index (κ3) is 5.24. The van der Waals surface area contributed by atoms with Crippen molar-refractivity contribution in [3.05, 3.63) is 57.6 Å². The van der Waals surface area contributed by atoms with Crippen LogP contribution in [0.3, 0.4) is 0 Å². The second-order valence-corrected chi connectivity index (χ2v) is 7.40. The standard InChI is InChI=1S/C23H30O4/c1-15-8-19(9-16(2)22(15)25-7-6-24-5)12-20-10-17(3)23(18(4)11-20)27-14-21-13-26-21/h8-11,21H,6-7,12-14H2,1-5H3. The molecule has 0 amide bonds. The Kier molecular flexibility index (Phi) is 6.40. The predicted octanol–water partition coefficient (Wildman–Crippen LogP) is 4.31. The second kappa shape index (κ2) is 8.77. The van der Waals surface area contributed by atoms with Crippen molar-refractivity contribution < 1.29 is 18.9 Å². The molecule has 2 aromatic carbocycles. The van der Waals surface area contributed by atoms with E-state index in [4.69, 9.17) is 18.9 Å². The van der Waals surface area contributed by atoms with E-state index < -0.39 is 0 Å². The lowest BCUT2D eigenvalue weighted by atomic mass is 9.97. The van der Waals surface area contributed by atoms with E-state index in [1.807, 2.05) is 0 Å². The molecule has 4 nitrogen and oxygen atoms in total. The van der Waals surface area contributed by atoms with Crippen LogP contribution in [0, 0.1) is 27.7 Å². The summed E-state index contributed by atoms with van der Waals surface area (Å²) in [5.41, 5.74) is 7.28. The fourth-order valence-electron chi connectivity index (χ4n) is 3.54. The van der Waals surface area contributed by atoms with Crippen molar-refractivity contribution in [1.29, 1.82) is 0 Å². The molecule has 2 aromatic rings. The second-order valence-electron chi connectivity index (χ2n) is 7.40. The molecule has 1 aliphatic heterocycles. The Bertz CT molecular complexity index is 747. The summed E-state index contributed by atoms with van der Waals surface area (Å²) < 4.78 is 22.1. The van der Waals surface area contributed by atoms with Crippen LogP contribution in [0.2, 0.25) is 0 Å². The largest absolute Gasteiger partial charge is 0.491 e. The van der Waals surface area contributed by atoms with E-state index in [9.17, 15) is 0 Å². The molecule has 0 spiro atoms. The molecule has 1 aliphatic rings.